The Morgan fingerprint density at radius 1 is 1.33 bits per heavy atom. The number of pyridine rings is 1. The van der Waals surface area contributed by atoms with Crippen molar-refractivity contribution in [3.63, 3.8) is 0 Å². The van der Waals surface area contributed by atoms with E-state index >= 15 is 0 Å². The van der Waals surface area contributed by atoms with E-state index < -0.39 is 16.4 Å². The highest BCUT2D eigenvalue weighted by atomic mass is 16.6. The molecule has 21 heavy (non-hydrogen) atoms. The van der Waals surface area contributed by atoms with Crippen LogP contribution in [0.25, 0.3) is 10.8 Å². The Balaban J connectivity index is 2.70. The van der Waals surface area contributed by atoms with Gasteiger partial charge in [0.2, 0.25) is 0 Å². The molecule has 0 unspecified atom stereocenters. The molecule has 0 fully saturated rings. The second kappa shape index (κ2) is 5.01. The largest absolute Gasteiger partial charge is 0.480 e. The molecule has 2 rings (SSSR count). The van der Waals surface area contributed by atoms with Gasteiger partial charge in [0.1, 0.15) is 5.54 Å². The standard InChI is InChI=1S/C14H15N3O4/c1-14(2,13(18)19)16(3)11-4-5-12(17(20)21)9-6-7-15-8-10(9)11/h4-8H,1-3H3,(H,18,19). The molecular weight excluding hydrogens is 274 g/mol. The lowest BCUT2D eigenvalue weighted by molar-refractivity contribution is -0.383. The van der Waals surface area contributed by atoms with E-state index in [0.717, 1.165) is 0 Å². The van der Waals surface area contributed by atoms with Crippen LogP contribution >= 0.6 is 0 Å². The molecule has 0 bridgehead atoms. The summed E-state index contributed by atoms with van der Waals surface area (Å²) in [7, 11) is 1.64. The van der Waals surface area contributed by atoms with Gasteiger partial charge in [-0.2, -0.15) is 0 Å². The topological polar surface area (TPSA) is 96.6 Å². The zero-order valence-electron chi connectivity index (χ0n) is 11.9. The van der Waals surface area contributed by atoms with Crippen LogP contribution in [0.3, 0.4) is 0 Å². The second-order valence-electron chi connectivity index (χ2n) is 5.21. The Bertz CT molecular complexity index is 727. The van der Waals surface area contributed by atoms with E-state index in [1.807, 2.05) is 0 Å². The van der Waals surface area contributed by atoms with Crippen molar-refractivity contribution in [2.45, 2.75) is 19.4 Å². The molecule has 7 nitrogen and oxygen atoms in total. The Morgan fingerprint density at radius 2 is 2.00 bits per heavy atom. The highest BCUT2D eigenvalue weighted by Crippen LogP contribution is 2.35. The van der Waals surface area contributed by atoms with Gasteiger partial charge in [-0.25, -0.2) is 4.79 Å². The van der Waals surface area contributed by atoms with E-state index in [-0.39, 0.29) is 5.69 Å². The minimum absolute atomic E-state index is 0.0299. The molecule has 0 aliphatic heterocycles. The van der Waals surface area contributed by atoms with Crippen molar-refractivity contribution in [3.05, 3.63) is 40.7 Å². The molecule has 7 heteroatoms. The van der Waals surface area contributed by atoms with E-state index in [1.54, 1.807) is 37.9 Å². The average molecular weight is 289 g/mol. The Morgan fingerprint density at radius 3 is 2.57 bits per heavy atom. The number of aromatic nitrogens is 1. The summed E-state index contributed by atoms with van der Waals surface area (Å²) in [6.07, 6.45) is 2.98. The molecule has 0 saturated heterocycles. The van der Waals surface area contributed by atoms with Crippen molar-refractivity contribution in [2.75, 3.05) is 11.9 Å². The predicted octanol–water partition coefficient (Wildman–Crippen LogP) is 2.44. The second-order valence-corrected chi connectivity index (χ2v) is 5.21. The monoisotopic (exact) mass is 289 g/mol. The first-order valence-electron chi connectivity index (χ1n) is 6.25. The smallest absolute Gasteiger partial charge is 0.328 e. The zero-order chi connectivity index (χ0) is 15.8. The summed E-state index contributed by atoms with van der Waals surface area (Å²) in [6, 6.07) is 4.48. The molecular formula is C14H15N3O4. The summed E-state index contributed by atoms with van der Waals surface area (Å²) in [5, 5.41) is 21.4. The quantitative estimate of drug-likeness (QED) is 0.686. The molecule has 0 saturated carbocycles. The first kappa shape index (κ1) is 14.7. The van der Waals surface area contributed by atoms with Crippen molar-refractivity contribution in [1.82, 2.24) is 4.98 Å². The Hall–Kier alpha value is -2.70. The number of fused-ring (bicyclic) bond motifs is 1. The van der Waals surface area contributed by atoms with Gasteiger partial charge in [0.25, 0.3) is 5.69 Å². The van der Waals surface area contributed by atoms with Gasteiger partial charge in [-0.3, -0.25) is 15.1 Å². The first-order chi connectivity index (χ1) is 9.76. The van der Waals surface area contributed by atoms with Gasteiger partial charge in [-0.1, -0.05) is 0 Å². The van der Waals surface area contributed by atoms with Crippen molar-refractivity contribution in [3.8, 4) is 0 Å². The number of nitro groups is 1. The molecule has 1 aromatic carbocycles. The average Bonchev–Trinajstić information content (AvgIpc) is 2.44. The van der Waals surface area contributed by atoms with Crippen molar-refractivity contribution < 1.29 is 14.8 Å². The maximum atomic E-state index is 11.4. The highest BCUT2D eigenvalue weighted by molar-refractivity contribution is 6.00. The number of rotatable bonds is 4. The fraction of sp³-hybridized carbons (Fsp3) is 0.286. The molecule has 0 amide bonds. The van der Waals surface area contributed by atoms with Gasteiger partial charge in [0, 0.05) is 36.6 Å². The van der Waals surface area contributed by atoms with E-state index in [0.29, 0.717) is 16.5 Å². The lowest BCUT2D eigenvalue weighted by Gasteiger charge is -2.34. The first-order valence-corrected chi connectivity index (χ1v) is 6.25. The van der Waals surface area contributed by atoms with Gasteiger partial charge in [0.05, 0.1) is 10.3 Å². The Kier molecular flexibility index (Phi) is 3.51. The number of non-ortho nitro benzene ring substituents is 1. The number of anilines is 1. The number of hydrogen-bond acceptors (Lipinski definition) is 5. The van der Waals surface area contributed by atoms with Crippen LogP contribution in [0.2, 0.25) is 0 Å². The van der Waals surface area contributed by atoms with Crippen LogP contribution in [0.4, 0.5) is 11.4 Å². The maximum Gasteiger partial charge on any atom is 0.328 e. The Labute approximate surface area is 121 Å². The summed E-state index contributed by atoms with van der Waals surface area (Å²) in [5.74, 6) is -0.986. The number of nitro benzene ring substituents is 1. The molecule has 0 atom stereocenters. The van der Waals surface area contributed by atoms with Gasteiger partial charge in [-0.05, 0) is 26.0 Å². The number of carboxylic acid groups (broad SMARTS) is 1. The van der Waals surface area contributed by atoms with Gasteiger partial charge >= 0.3 is 5.97 Å². The fourth-order valence-electron chi connectivity index (χ4n) is 2.06. The zero-order valence-corrected chi connectivity index (χ0v) is 11.9. The minimum atomic E-state index is -1.15. The van der Waals surface area contributed by atoms with Crippen LogP contribution in [-0.2, 0) is 4.79 Å². The molecule has 0 radical (unpaired) electrons. The number of aliphatic carboxylic acids is 1. The van der Waals surface area contributed by atoms with Crippen molar-refractivity contribution in [1.29, 1.82) is 0 Å². The summed E-state index contributed by atoms with van der Waals surface area (Å²) >= 11 is 0. The number of nitrogens with zero attached hydrogens (tertiary/aromatic N) is 3. The lowest BCUT2D eigenvalue weighted by atomic mass is 10.0. The number of benzene rings is 1. The number of hydrogen-bond donors (Lipinski definition) is 1. The third-order valence-electron chi connectivity index (χ3n) is 3.69. The van der Waals surface area contributed by atoms with Crippen LogP contribution in [0.15, 0.2) is 30.6 Å². The normalized spacial score (nSPS) is 11.4. The van der Waals surface area contributed by atoms with Crippen LogP contribution in [0.5, 0.6) is 0 Å². The predicted molar refractivity (Wildman–Crippen MR) is 78.5 cm³/mol. The summed E-state index contributed by atoms with van der Waals surface area (Å²) < 4.78 is 0. The van der Waals surface area contributed by atoms with E-state index in [2.05, 4.69) is 4.98 Å². The maximum absolute atomic E-state index is 11.4. The van der Waals surface area contributed by atoms with E-state index in [9.17, 15) is 20.0 Å². The third kappa shape index (κ3) is 2.37. The molecule has 1 aromatic heterocycles. The molecule has 0 aliphatic rings. The van der Waals surface area contributed by atoms with E-state index in [4.69, 9.17) is 0 Å². The molecule has 0 spiro atoms. The molecule has 110 valence electrons. The van der Waals surface area contributed by atoms with Gasteiger partial charge in [-0.15, -0.1) is 0 Å². The number of carboxylic acids is 1. The number of likely N-dealkylation sites (N-methyl/N-ethyl adjacent to an activating group) is 1. The van der Waals surface area contributed by atoms with Crippen molar-refractivity contribution >= 4 is 28.1 Å². The number of carbonyl (C=O) groups is 1. The molecule has 1 heterocycles. The van der Waals surface area contributed by atoms with Crippen molar-refractivity contribution in [2.24, 2.45) is 0 Å². The molecule has 0 aliphatic carbocycles. The highest BCUT2D eigenvalue weighted by Gasteiger charge is 2.33. The lowest BCUT2D eigenvalue weighted by Crippen LogP contribution is -2.48. The minimum Gasteiger partial charge on any atom is -0.480 e. The molecule has 2 aromatic rings. The third-order valence-corrected chi connectivity index (χ3v) is 3.69. The van der Waals surface area contributed by atoms with Crippen LogP contribution in [0, 0.1) is 10.1 Å². The van der Waals surface area contributed by atoms with E-state index in [1.165, 1.54) is 18.5 Å². The fourth-order valence-corrected chi connectivity index (χ4v) is 2.06. The van der Waals surface area contributed by atoms with Gasteiger partial charge < -0.3 is 10.0 Å². The molecule has 1 N–H and O–H groups in total. The van der Waals surface area contributed by atoms with Gasteiger partial charge in [0.15, 0.2) is 0 Å². The van der Waals surface area contributed by atoms with Crippen LogP contribution in [-0.4, -0.2) is 33.6 Å². The van der Waals surface area contributed by atoms with Crippen LogP contribution in [0.1, 0.15) is 13.8 Å². The summed E-state index contributed by atoms with van der Waals surface area (Å²) in [5.41, 5.74) is -0.604. The summed E-state index contributed by atoms with van der Waals surface area (Å²) in [4.78, 5) is 27.6. The van der Waals surface area contributed by atoms with Crippen LogP contribution < -0.4 is 4.90 Å². The SMILES string of the molecule is CN(c1ccc([N+](=O)[O-])c2ccncc12)C(C)(C)C(=O)O. The summed E-state index contributed by atoms with van der Waals surface area (Å²) in [6.45, 7) is 3.14.